The Kier molecular flexibility index (Phi) is 4.11. The smallest absolute Gasteiger partial charge is 0.305 e. The Morgan fingerprint density at radius 3 is 2.76 bits per heavy atom. The van der Waals surface area contributed by atoms with Gasteiger partial charge in [-0.1, -0.05) is 0 Å². The van der Waals surface area contributed by atoms with E-state index in [1.165, 1.54) is 0 Å². The Labute approximate surface area is 121 Å². The number of hydrogen-bond acceptors (Lipinski definition) is 4. The van der Waals surface area contributed by atoms with E-state index in [-0.39, 0.29) is 12.3 Å². The van der Waals surface area contributed by atoms with Crippen molar-refractivity contribution in [2.45, 2.75) is 19.4 Å². The van der Waals surface area contributed by atoms with Crippen molar-refractivity contribution in [1.29, 1.82) is 0 Å². The summed E-state index contributed by atoms with van der Waals surface area (Å²) in [6.07, 6.45) is -0.275. The van der Waals surface area contributed by atoms with Crippen LogP contribution in [0.25, 0.3) is 0 Å². The van der Waals surface area contributed by atoms with E-state index in [9.17, 15) is 14.4 Å². The maximum atomic E-state index is 11.9. The normalized spacial score (nSPS) is 18.2. The molecule has 1 fully saturated rings. The number of benzene rings is 1. The van der Waals surface area contributed by atoms with Gasteiger partial charge in [-0.3, -0.25) is 14.4 Å². The van der Waals surface area contributed by atoms with Crippen LogP contribution in [-0.4, -0.2) is 42.0 Å². The first-order chi connectivity index (χ1) is 9.90. The van der Waals surface area contributed by atoms with E-state index in [1.807, 2.05) is 0 Å². The van der Waals surface area contributed by atoms with Crippen molar-refractivity contribution in [1.82, 2.24) is 5.32 Å². The maximum absolute atomic E-state index is 11.9. The number of carbonyl (C=O) groups excluding carboxylic acids is 2. The molecule has 7 heteroatoms. The van der Waals surface area contributed by atoms with Crippen molar-refractivity contribution in [3.63, 3.8) is 0 Å². The van der Waals surface area contributed by atoms with E-state index in [1.54, 1.807) is 30.0 Å². The monoisotopic (exact) mass is 291 g/mol. The van der Waals surface area contributed by atoms with E-state index in [4.69, 9.17) is 10.8 Å². The molecule has 0 bridgehead atoms. The second-order valence-corrected chi connectivity index (χ2v) is 4.96. The fraction of sp³-hybridized carbons (Fsp3) is 0.357. The standard InChI is InChI=1S/C14H17N3O4/c1-8-6-9(2-3-10(8)13(15)20)17-5-4-16-14(21)11(17)7-12(18)19/h2-3,6,11H,4-5,7H2,1H3,(H2,15,20)(H,16,21)(H,18,19). The summed E-state index contributed by atoms with van der Waals surface area (Å²) in [6.45, 7) is 2.71. The molecule has 21 heavy (non-hydrogen) atoms. The van der Waals surface area contributed by atoms with Crippen LogP contribution in [0, 0.1) is 6.92 Å². The molecule has 2 amide bonds. The summed E-state index contributed by atoms with van der Waals surface area (Å²) >= 11 is 0. The average molecular weight is 291 g/mol. The van der Waals surface area contributed by atoms with Crippen LogP contribution in [0.4, 0.5) is 5.69 Å². The van der Waals surface area contributed by atoms with Crippen LogP contribution in [0.1, 0.15) is 22.3 Å². The number of aliphatic carboxylic acids is 1. The number of piperazine rings is 1. The Balaban J connectivity index is 2.33. The van der Waals surface area contributed by atoms with Gasteiger partial charge in [-0.25, -0.2) is 0 Å². The molecule has 112 valence electrons. The molecule has 1 aliphatic heterocycles. The van der Waals surface area contributed by atoms with Crippen molar-refractivity contribution >= 4 is 23.5 Å². The van der Waals surface area contributed by atoms with Crippen molar-refractivity contribution in [2.24, 2.45) is 5.73 Å². The van der Waals surface area contributed by atoms with Crippen LogP contribution in [0.5, 0.6) is 0 Å². The molecule has 0 radical (unpaired) electrons. The maximum Gasteiger partial charge on any atom is 0.305 e. The zero-order valence-corrected chi connectivity index (χ0v) is 11.6. The molecule has 2 rings (SSSR count). The van der Waals surface area contributed by atoms with Gasteiger partial charge in [0.2, 0.25) is 11.8 Å². The number of amides is 2. The Bertz CT molecular complexity index is 600. The van der Waals surface area contributed by atoms with E-state index >= 15 is 0 Å². The number of carbonyl (C=O) groups is 3. The van der Waals surface area contributed by atoms with Gasteiger partial charge >= 0.3 is 5.97 Å². The Morgan fingerprint density at radius 2 is 2.19 bits per heavy atom. The van der Waals surface area contributed by atoms with Crippen molar-refractivity contribution in [2.75, 3.05) is 18.0 Å². The molecule has 1 heterocycles. The minimum Gasteiger partial charge on any atom is -0.481 e. The molecule has 1 aromatic carbocycles. The highest BCUT2D eigenvalue weighted by Gasteiger charge is 2.32. The third kappa shape index (κ3) is 3.13. The van der Waals surface area contributed by atoms with Crippen LogP contribution in [-0.2, 0) is 9.59 Å². The van der Waals surface area contributed by atoms with Gasteiger partial charge in [-0.2, -0.15) is 0 Å². The molecule has 0 aliphatic carbocycles. The highest BCUT2D eigenvalue weighted by Crippen LogP contribution is 2.23. The summed E-state index contributed by atoms with van der Waals surface area (Å²) < 4.78 is 0. The van der Waals surface area contributed by atoms with E-state index in [0.29, 0.717) is 29.9 Å². The lowest BCUT2D eigenvalue weighted by atomic mass is 10.0. The summed E-state index contributed by atoms with van der Waals surface area (Å²) in [5.74, 6) is -1.86. The van der Waals surface area contributed by atoms with E-state index < -0.39 is 17.9 Å². The van der Waals surface area contributed by atoms with E-state index in [2.05, 4.69) is 5.32 Å². The molecule has 7 nitrogen and oxygen atoms in total. The summed E-state index contributed by atoms with van der Waals surface area (Å²) in [5, 5.41) is 11.6. The minimum atomic E-state index is -1.03. The number of anilines is 1. The van der Waals surface area contributed by atoms with Crippen molar-refractivity contribution in [3.05, 3.63) is 29.3 Å². The predicted molar refractivity (Wildman–Crippen MR) is 76.1 cm³/mol. The third-order valence-electron chi connectivity index (χ3n) is 3.51. The number of nitrogens with zero attached hydrogens (tertiary/aromatic N) is 1. The van der Waals surface area contributed by atoms with Crippen molar-refractivity contribution < 1.29 is 19.5 Å². The predicted octanol–water partition coefficient (Wildman–Crippen LogP) is -0.127. The number of rotatable bonds is 4. The molecule has 1 aromatic rings. The van der Waals surface area contributed by atoms with Crippen LogP contribution >= 0.6 is 0 Å². The average Bonchev–Trinajstić information content (AvgIpc) is 2.40. The fourth-order valence-corrected chi connectivity index (χ4v) is 2.50. The number of carboxylic acid groups (broad SMARTS) is 1. The molecule has 4 N–H and O–H groups in total. The highest BCUT2D eigenvalue weighted by atomic mass is 16.4. The van der Waals surface area contributed by atoms with Gasteiger partial charge in [0.05, 0.1) is 6.42 Å². The Hall–Kier alpha value is -2.57. The van der Waals surface area contributed by atoms with Crippen LogP contribution in [0.3, 0.4) is 0 Å². The first-order valence-corrected chi connectivity index (χ1v) is 6.56. The topological polar surface area (TPSA) is 113 Å². The SMILES string of the molecule is Cc1cc(N2CCNC(=O)C2CC(=O)O)ccc1C(N)=O. The van der Waals surface area contributed by atoms with Gasteiger partial charge in [-0.15, -0.1) is 0 Å². The van der Waals surface area contributed by atoms with Crippen molar-refractivity contribution in [3.8, 4) is 0 Å². The zero-order valence-electron chi connectivity index (χ0n) is 11.6. The third-order valence-corrected chi connectivity index (χ3v) is 3.51. The van der Waals surface area contributed by atoms with Crippen LogP contribution in [0.2, 0.25) is 0 Å². The molecular formula is C14H17N3O4. The minimum absolute atomic E-state index is 0.275. The van der Waals surface area contributed by atoms with Gasteiger partial charge in [0.25, 0.3) is 0 Å². The molecule has 1 aliphatic rings. The first-order valence-electron chi connectivity index (χ1n) is 6.56. The van der Waals surface area contributed by atoms with Gasteiger partial charge in [0.1, 0.15) is 6.04 Å². The quantitative estimate of drug-likeness (QED) is 0.715. The lowest BCUT2D eigenvalue weighted by molar-refractivity contribution is -0.139. The lowest BCUT2D eigenvalue weighted by Crippen LogP contribution is -2.56. The van der Waals surface area contributed by atoms with Crippen LogP contribution in [0.15, 0.2) is 18.2 Å². The second-order valence-electron chi connectivity index (χ2n) is 4.96. The van der Waals surface area contributed by atoms with Gasteiger partial charge in [0.15, 0.2) is 0 Å². The molecular weight excluding hydrogens is 274 g/mol. The number of nitrogens with one attached hydrogen (secondary N) is 1. The lowest BCUT2D eigenvalue weighted by Gasteiger charge is -2.36. The molecule has 1 saturated heterocycles. The summed E-state index contributed by atoms with van der Waals surface area (Å²) in [5.41, 5.74) is 7.08. The van der Waals surface area contributed by atoms with E-state index in [0.717, 1.165) is 0 Å². The Morgan fingerprint density at radius 1 is 1.48 bits per heavy atom. The molecule has 0 saturated carbocycles. The molecule has 1 unspecified atom stereocenters. The highest BCUT2D eigenvalue weighted by molar-refractivity contribution is 5.95. The first kappa shape index (κ1) is 14.8. The molecule has 0 aromatic heterocycles. The van der Waals surface area contributed by atoms with Gasteiger partial charge < -0.3 is 21.1 Å². The number of hydrogen-bond donors (Lipinski definition) is 3. The summed E-state index contributed by atoms with van der Waals surface area (Å²) in [7, 11) is 0. The second kappa shape index (κ2) is 5.82. The molecule has 0 spiro atoms. The zero-order chi connectivity index (χ0) is 15.6. The number of carboxylic acids is 1. The van der Waals surface area contributed by atoms with Gasteiger partial charge in [0, 0.05) is 24.3 Å². The van der Waals surface area contributed by atoms with Gasteiger partial charge in [-0.05, 0) is 30.7 Å². The number of nitrogens with two attached hydrogens (primary N) is 1. The fourth-order valence-electron chi connectivity index (χ4n) is 2.50. The summed E-state index contributed by atoms with van der Waals surface area (Å²) in [6, 6.07) is 4.26. The number of aryl methyl sites for hydroxylation is 1. The largest absolute Gasteiger partial charge is 0.481 e. The number of primary amides is 1. The van der Waals surface area contributed by atoms with Crippen LogP contribution < -0.4 is 16.0 Å². The summed E-state index contributed by atoms with van der Waals surface area (Å²) in [4.78, 5) is 35.8. The molecule has 1 atom stereocenters.